The molecule has 1 amide bonds. The summed E-state index contributed by atoms with van der Waals surface area (Å²) in [5.41, 5.74) is 11.7. The molecule has 8 bridgehead atoms. The number of nitrogens with one attached hydrogen (secondary N) is 3. The fourth-order valence-electron chi connectivity index (χ4n) is 6.87. The monoisotopic (exact) mass is 693 g/mol. The van der Waals surface area contributed by atoms with E-state index in [-0.39, 0.29) is 37.1 Å². The molecule has 0 aliphatic carbocycles. The molecule has 5 heterocycles. The number of carboxylic acids is 2. The molecule has 5 N–H and O–H groups in total. The molecule has 5 rings (SSSR count). The summed E-state index contributed by atoms with van der Waals surface area (Å²) in [6.45, 7) is 16.2. The number of aromatic nitrogens is 4. The van der Waals surface area contributed by atoms with E-state index < -0.39 is 30.3 Å². The summed E-state index contributed by atoms with van der Waals surface area (Å²) in [4.78, 5) is 65.2. The van der Waals surface area contributed by atoms with E-state index in [9.17, 15) is 24.3 Å². The van der Waals surface area contributed by atoms with Crippen LogP contribution in [-0.4, -0.2) is 67.1 Å². The van der Waals surface area contributed by atoms with Gasteiger partial charge in [-0.05, 0) is 80.2 Å². The van der Waals surface area contributed by atoms with Crippen molar-refractivity contribution < 1.29 is 34.1 Å². The lowest BCUT2D eigenvalue weighted by Crippen LogP contribution is -2.42. The van der Waals surface area contributed by atoms with Crippen LogP contribution in [-0.2, 0) is 23.9 Å². The molecule has 12 nitrogen and oxygen atoms in total. The summed E-state index contributed by atoms with van der Waals surface area (Å²) in [6.07, 6.45) is 3.68. The van der Waals surface area contributed by atoms with Gasteiger partial charge in [0.15, 0.2) is 0 Å². The second kappa shape index (κ2) is 15.0. The molecule has 3 atom stereocenters. The van der Waals surface area contributed by atoms with E-state index in [0.29, 0.717) is 17.8 Å². The SMILES string of the molecule is C=Cc1c(C)c2cc3[nH]c(cc4nc(cc5nc(cc1[nH]2)C(C)=C5CCC(=O)NC(CC(=O)O)C(=O)O)C(CCC(=O)OC)C4C)c(C)c3C=C. The van der Waals surface area contributed by atoms with E-state index in [1.807, 2.05) is 51.1 Å². The van der Waals surface area contributed by atoms with E-state index in [1.54, 1.807) is 6.08 Å². The highest BCUT2D eigenvalue weighted by atomic mass is 16.5. The molecule has 0 spiro atoms. The zero-order valence-corrected chi connectivity index (χ0v) is 29.5. The van der Waals surface area contributed by atoms with Gasteiger partial charge in [-0.3, -0.25) is 19.4 Å². The van der Waals surface area contributed by atoms with Gasteiger partial charge in [0.25, 0.3) is 0 Å². The first kappa shape index (κ1) is 36.5. The van der Waals surface area contributed by atoms with Gasteiger partial charge < -0.3 is 30.2 Å². The molecule has 266 valence electrons. The molecule has 0 radical (unpaired) electrons. The molecule has 0 saturated carbocycles. The molecule has 3 aromatic rings. The summed E-state index contributed by atoms with van der Waals surface area (Å²) < 4.78 is 4.95. The van der Waals surface area contributed by atoms with Gasteiger partial charge in [-0.1, -0.05) is 32.2 Å². The predicted molar refractivity (Wildman–Crippen MR) is 197 cm³/mol. The van der Waals surface area contributed by atoms with E-state index in [0.717, 1.165) is 66.9 Å². The van der Waals surface area contributed by atoms with Crippen molar-refractivity contribution in [2.45, 2.75) is 77.7 Å². The standard InChI is InChI=1S/C39H43N5O7/c1-8-23-19(3)27-14-28-22(6)26(11-13-38(48)51-7)34(42-28)17-33-25(10-12-36(45)44-35(39(49)50)18-37(46)47)21(5)30(43-33)16-32-24(9-2)20(4)29(41-32)15-31(23)40-27/h8-9,14-17,22,26,35,40-41H,1-2,10-13,18H2,3-7H3,(H,44,45)(H,46,47)(H,49,50). The van der Waals surface area contributed by atoms with E-state index in [2.05, 4.69) is 35.4 Å². The molecule has 0 fully saturated rings. The summed E-state index contributed by atoms with van der Waals surface area (Å²) in [6, 6.07) is 6.38. The number of amides is 1. The third-order valence-corrected chi connectivity index (χ3v) is 9.89. The number of aryl methyl sites for hydroxylation is 2. The van der Waals surface area contributed by atoms with Crippen molar-refractivity contribution in [2.75, 3.05) is 7.11 Å². The molecule has 51 heavy (non-hydrogen) atoms. The number of rotatable bonds is 12. The highest BCUT2D eigenvalue weighted by molar-refractivity contribution is 5.95. The van der Waals surface area contributed by atoms with Gasteiger partial charge in [-0.15, -0.1) is 0 Å². The van der Waals surface area contributed by atoms with Crippen LogP contribution in [0.3, 0.4) is 0 Å². The Kier molecular flexibility index (Phi) is 10.7. The predicted octanol–water partition coefficient (Wildman–Crippen LogP) is 6.81. The van der Waals surface area contributed by atoms with E-state index in [1.165, 1.54) is 7.11 Å². The van der Waals surface area contributed by atoms with E-state index in [4.69, 9.17) is 19.8 Å². The second-order valence-electron chi connectivity index (χ2n) is 13.0. The molecule has 3 aromatic heterocycles. The molecule has 3 unspecified atom stereocenters. The van der Waals surface area contributed by atoms with Gasteiger partial charge in [0.05, 0.1) is 24.9 Å². The fraction of sp³-hybridized carbons (Fsp3) is 0.333. The number of carbonyl (C=O) groups is 4. The average molecular weight is 694 g/mol. The lowest BCUT2D eigenvalue weighted by atomic mass is 9.87. The van der Waals surface area contributed by atoms with Gasteiger partial charge in [-0.2, -0.15) is 0 Å². The number of methoxy groups -OCH3 is 1. The number of carbonyl (C=O) groups excluding carboxylic acids is 2. The summed E-state index contributed by atoms with van der Waals surface area (Å²) in [5.74, 6) is -3.87. The average Bonchev–Trinajstić information content (AvgIpc) is 3.74. The van der Waals surface area contributed by atoms with Crippen molar-refractivity contribution in [2.24, 2.45) is 0 Å². The smallest absolute Gasteiger partial charge is 0.326 e. The Labute approximate surface area is 295 Å². The molecular formula is C39H43N5O7. The van der Waals surface area contributed by atoms with Crippen molar-refractivity contribution in [3.8, 4) is 0 Å². The quantitative estimate of drug-likeness (QED) is 0.127. The minimum Gasteiger partial charge on any atom is -0.481 e. The molecule has 0 saturated heterocycles. The number of aliphatic carboxylic acids is 2. The van der Waals surface area contributed by atoms with Crippen molar-refractivity contribution in [3.63, 3.8) is 0 Å². The topological polar surface area (TPSA) is 187 Å². The number of aromatic amines is 2. The van der Waals surface area contributed by atoms with Crippen molar-refractivity contribution in [1.29, 1.82) is 0 Å². The Morgan fingerprint density at radius 1 is 0.882 bits per heavy atom. The van der Waals surface area contributed by atoms with Crippen LogP contribution < -0.4 is 5.32 Å². The van der Waals surface area contributed by atoms with Gasteiger partial charge >= 0.3 is 17.9 Å². The zero-order chi connectivity index (χ0) is 37.1. The van der Waals surface area contributed by atoms with Crippen LogP contribution in [0.1, 0.15) is 103 Å². The number of fused-ring (bicyclic) bond motifs is 8. The fourth-order valence-corrected chi connectivity index (χ4v) is 6.87. The Bertz CT molecular complexity index is 2160. The Morgan fingerprint density at radius 2 is 1.51 bits per heavy atom. The van der Waals surface area contributed by atoms with Crippen LogP contribution in [0.5, 0.6) is 0 Å². The largest absolute Gasteiger partial charge is 0.481 e. The highest BCUT2D eigenvalue weighted by Crippen LogP contribution is 2.42. The molecule has 2 aliphatic rings. The van der Waals surface area contributed by atoms with Crippen LogP contribution in [0.2, 0.25) is 0 Å². The summed E-state index contributed by atoms with van der Waals surface area (Å²) in [7, 11) is 1.36. The number of H-pyrrole nitrogens is 2. The molecular weight excluding hydrogens is 650 g/mol. The third-order valence-electron chi connectivity index (χ3n) is 9.89. The maximum Gasteiger partial charge on any atom is 0.326 e. The first-order chi connectivity index (χ1) is 24.3. The third kappa shape index (κ3) is 7.54. The normalized spacial score (nSPS) is 16.0. The van der Waals surface area contributed by atoms with Crippen molar-refractivity contribution >= 4 is 69.2 Å². The Hall–Kier alpha value is -5.78. The number of ether oxygens (including phenoxy) is 1. The van der Waals surface area contributed by atoms with Gasteiger partial charge in [-0.25, -0.2) is 9.78 Å². The molecule has 12 heteroatoms. The molecule has 2 aliphatic heterocycles. The number of hydrogen-bond donors (Lipinski definition) is 5. The van der Waals surface area contributed by atoms with Gasteiger partial charge in [0.2, 0.25) is 5.91 Å². The Morgan fingerprint density at radius 3 is 2.10 bits per heavy atom. The number of nitrogens with zero attached hydrogens (tertiary/aromatic N) is 2. The van der Waals surface area contributed by atoms with E-state index >= 15 is 0 Å². The lowest BCUT2D eigenvalue weighted by Gasteiger charge is -2.15. The Balaban J connectivity index is 1.74. The number of esters is 1. The minimum atomic E-state index is -1.55. The number of allylic oxidation sites excluding steroid dienone is 2. The number of hydrogen-bond acceptors (Lipinski definition) is 7. The second-order valence-corrected chi connectivity index (χ2v) is 13.0. The summed E-state index contributed by atoms with van der Waals surface area (Å²) in [5, 5.41) is 20.9. The van der Waals surface area contributed by atoms with Crippen LogP contribution in [0, 0.1) is 13.8 Å². The zero-order valence-electron chi connectivity index (χ0n) is 29.5. The minimum absolute atomic E-state index is 0.0552. The molecule has 0 aromatic carbocycles. The van der Waals surface area contributed by atoms with Crippen LogP contribution >= 0.6 is 0 Å². The van der Waals surface area contributed by atoms with Gasteiger partial charge in [0.1, 0.15) is 6.04 Å². The summed E-state index contributed by atoms with van der Waals surface area (Å²) >= 11 is 0. The van der Waals surface area contributed by atoms with Crippen molar-refractivity contribution in [3.05, 3.63) is 82.5 Å². The van der Waals surface area contributed by atoms with Crippen LogP contribution in [0.4, 0.5) is 0 Å². The van der Waals surface area contributed by atoms with Crippen molar-refractivity contribution in [1.82, 2.24) is 25.3 Å². The van der Waals surface area contributed by atoms with Crippen LogP contribution in [0.25, 0.3) is 45.4 Å². The first-order valence-electron chi connectivity index (χ1n) is 16.8. The maximum atomic E-state index is 12.9. The first-order valence-corrected chi connectivity index (χ1v) is 16.8. The lowest BCUT2D eigenvalue weighted by molar-refractivity contribution is -0.147. The maximum absolute atomic E-state index is 12.9. The highest BCUT2D eigenvalue weighted by Gasteiger charge is 2.31. The van der Waals surface area contributed by atoms with Crippen LogP contribution in [0.15, 0.2) is 37.4 Å². The van der Waals surface area contributed by atoms with Gasteiger partial charge in [0, 0.05) is 69.3 Å². The number of carboxylic acid groups (broad SMARTS) is 2.